The topological polar surface area (TPSA) is 48.5 Å². The van der Waals surface area contributed by atoms with Crippen LogP contribution in [0.25, 0.3) is 111 Å². The first-order valence-corrected chi connectivity index (χ1v) is 19.3. The van der Waals surface area contributed by atoms with Gasteiger partial charge in [0.15, 0.2) is 5.82 Å². The molecule has 0 amide bonds. The maximum atomic E-state index is 9.96. The molecule has 0 fully saturated rings. The Morgan fingerprint density at radius 2 is 0.806 bits per heavy atom. The number of aromatic nitrogens is 5. The molecule has 0 spiro atoms. The Labute approximate surface area is 386 Å². The molecule has 0 bridgehead atoms. The van der Waals surface area contributed by atoms with E-state index in [0.717, 1.165) is 31.4 Å². The van der Waals surface area contributed by atoms with Crippen molar-refractivity contribution in [2.45, 2.75) is 0 Å². The summed E-state index contributed by atoms with van der Waals surface area (Å²) in [5.41, 5.74) is 2.12. The van der Waals surface area contributed by atoms with E-state index in [9.17, 15) is 9.60 Å². The van der Waals surface area contributed by atoms with E-state index in [1.54, 1.807) is 24.3 Å². The maximum absolute atomic E-state index is 9.96. The molecule has 0 aliphatic carbocycles. The minimum atomic E-state index is -0.825. The Morgan fingerprint density at radius 3 is 1.45 bits per heavy atom. The van der Waals surface area contributed by atoms with Crippen LogP contribution in [0.1, 0.15) is 27.4 Å². The third-order valence-corrected chi connectivity index (χ3v) is 10.6. The van der Waals surface area contributed by atoms with Crippen LogP contribution in [0.3, 0.4) is 0 Å². The van der Waals surface area contributed by atoms with Crippen molar-refractivity contribution in [3.63, 3.8) is 0 Å². The first-order valence-electron chi connectivity index (χ1n) is 29.3. The van der Waals surface area contributed by atoms with Gasteiger partial charge in [0.2, 0.25) is 11.9 Å². The molecule has 3 heterocycles. The van der Waals surface area contributed by atoms with Gasteiger partial charge in [0.1, 0.15) is 0 Å². The summed E-state index contributed by atoms with van der Waals surface area (Å²) < 4.78 is 182. The molecular formula is C57H37N5. The van der Waals surface area contributed by atoms with Gasteiger partial charge in [0, 0.05) is 27.1 Å². The van der Waals surface area contributed by atoms with Crippen LogP contribution in [0.4, 0.5) is 0 Å². The van der Waals surface area contributed by atoms with Crippen LogP contribution in [0, 0.1) is 0 Å². The molecule has 62 heavy (non-hydrogen) atoms. The number of para-hydroxylation sites is 3. The van der Waals surface area contributed by atoms with E-state index in [-0.39, 0.29) is 22.2 Å². The lowest BCUT2D eigenvalue weighted by Gasteiger charge is -2.15. The number of hydrogen-bond donors (Lipinski definition) is 0. The van der Waals surface area contributed by atoms with E-state index < -0.39 is 177 Å². The molecule has 0 N–H and O–H groups in total. The summed E-state index contributed by atoms with van der Waals surface area (Å²) in [5, 5.41) is -1.45. The van der Waals surface area contributed by atoms with Crippen LogP contribution in [-0.4, -0.2) is 24.1 Å². The van der Waals surface area contributed by atoms with Gasteiger partial charge in [-0.25, -0.2) is 0 Å². The molecule has 290 valence electrons. The van der Waals surface area contributed by atoms with Crippen molar-refractivity contribution in [3.8, 4) is 67.8 Å². The van der Waals surface area contributed by atoms with E-state index in [4.69, 9.17) is 32.8 Å². The van der Waals surface area contributed by atoms with E-state index >= 15 is 0 Å². The summed E-state index contributed by atoms with van der Waals surface area (Å²) >= 11 is 0. The maximum Gasteiger partial charge on any atom is 0.240 e. The van der Waals surface area contributed by atoms with Crippen LogP contribution >= 0.6 is 0 Å². The van der Waals surface area contributed by atoms with Gasteiger partial charge in [0.05, 0.1) is 49.5 Å². The SMILES string of the molecule is [2H]c1c([2H])c([2H])c(-c2c([2H])c([2H])c3c4c([2H])c([2H])c([2H])c([2H])c4n(-c4nc(-c5ccccc5-c5cccc(-c6ccc(-c7ccccc7)cc6)c5)nc(-n5c6c([2H])c([2H])c([2H])c([2H])c6c6c([2H])c([2H])c([2H])c([2H])c65)n4)c3c2[2H])c([2H])c1[2H]. The van der Waals surface area contributed by atoms with Crippen LogP contribution in [0.5, 0.6) is 0 Å². The van der Waals surface area contributed by atoms with E-state index in [0.29, 0.717) is 11.1 Å². The summed E-state index contributed by atoms with van der Waals surface area (Å²) in [7, 11) is 0. The fraction of sp³-hybridized carbons (Fsp3) is 0. The van der Waals surface area contributed by atoms with Gasteiger partial charge in [-0.05, 0) is 74.7 Å². The van der Waals surface area contributed by atoms with Gasteiger partial charge in [-0.3, -0.25) is 9.13 Å². The number of rotatable bonds is 7. The fourth-order valence-corrected chi connectivity index (χ4v) is 7.79. The highest BCUT2D eigenvalue weighted by molar-refractivity contribution is 6.11. The van der Waals surface area contributed by atoms with Gasteiger partial charge in [-0.2, -0.15) is 15.0 Å². The number of nitrogens with zero attached hydrogens (tertiary/aromatic N) is 5. The Bertz CT molecular complexity index is 4700. The highest BCUT2D eigenvalue weighted by Crippen LogP contribution is 2.38. The standard InChI is InChI=1S/C57H37N5/c1-3-16-38(17-4-1)40-30-32-41(33-31-40)42-20-15-21-44(36-42)45-22-7-8-26-50(45)55-58-56(61-51-27-12-9-23-46(51)47-24-10-13-28-52(47)61)60-57(59-55)62-53-29-14-11-25-48(53)49-35-34-43(37-54(49)62)39-18-5-2-6-19-39/h1-37H/i2D,5D,6D,9D,10D,11D,12D,13D,14D,18D,19D,23D,24D,25D,27D,28D,29D,34D,35D,37D. The zero-order valence-corrected chi connectivity index (χ0v) is 32.1. The van der Waals surface area contributed by atoms with Crippen molar-refractivity contribution >= 4 is 43.6 Å². The molecule has 0 aliphatic rings. The van der Waals surface area contributed by atoms with Crippen molar-refractivity contribution in [1.82, 2.24) is 24.1 Å². The lowest BCUT2D eigenvalue weighted by molar-refractivity contribution is 0.893. The van der Waals surface area contributed by atoms with Crippen LogP contribution in [-0.2, 0) is 0 Å². The molecular weight excluding hydrogens is 755 g/mol. The molecule has 3 aromatic heterocycles. The normalized spacial score (nSPS) is 16.1. The number of fused-ring (bicyclic) bond motifs is 6. The van der Waals surface area contributed by atoms with Crippen molar-refractivity contribution in [1.29, 1.82) is 0 Å². The second-order valence-electron chi connectivity index (χ2n) is 14.1. The summed E-state index contributed by atoms with van der Waals surface area (Å²) in [4.78, 5) is 14.8. The zero-order valence-electron chi connectivity index (χ0n) is 52.1. The monoisotopic (exact) mass is 811 g/mol. The summed E-state index contributed by atoms with van der Waals surface area (Å²) in [6.07, 6.45) is 0. The average Bonchev–Trinajstić information content (AvgIpc) is 1.86. The first kappa shape index (κ1) is 20.7. The Morgan fingerprint density at radius 1 is 0.323 bits per heavy atom. The molecule has 9 aromatic carbocycles. The number of hydrogen-bond acceptors (Lipinski definition) is 3. The zero-order chi connectivity index (χ0) is 58.4. The lowest BCUT2D eigenvalue weighted by Crippen LogP contribution is -2.10. The largest absolute Gasteiger partial charge is 0.278 e. The minimum absolute atomic E-state index is 0.235. The Hall–Kier alpha value is -8.41. The van der Waals surface area contributed by atoms with Gasteiger partial charge in [-0.1, -0.05) is 194 Å². The Balaban J connectivity index is 1.24. The van der Waals surface area contributed by atoms with Gasteiger partial charge >= 0.3 is 0 Å². The average molecular weight is 812 g/mol. The molecule has 0 saturated heterocycles. The lowest BCUT2D eigenvalue weighted by atomic mass is 9.95. The van der Waals surface area contributed by atoms with Crippen LogP contribution in [0.15, 0.2) is 224 Å². The molecule has 0 saturated carbocycles. The van der Waals surface area contributed by atoms with Crippen molar-refractivity contribution < 1.29 is 27.4 Å². The minimum Gasteiger partial charge on any atom is -0.278 e. The summed E-state index contributed by atoms with van der Waals surface area (Å²) in [5.74, 6) is -1.39. The van der Waals surface area contributed by atoms with E-state index in [2.05, 4.69) is 0 Å². The van der Waals surface area contributed by atoms with Crippen molar-refractivity contribution in [2.75, 3.05) is 0 Å². The van der Waals surface area contributed by atoms with Gasteiger partial charge in [0.25, 0.3) is 0 Å². The smallest absolute Gasteiger partial charge is 0.240 e. The quantitative estimate of drug-likeness (QED) is 0.161. The highest BCUT2D eigenvalue weighted by atomic mass is 15.3. The van der Waals surface area contributed by atoms with Gasteiger partial charge < -0.3 is 0 Å². The predicted molar refractivity (Wildman–Crippen MR) is 256 cm³/mol. The molecule has 5 nitrogen and oxygen atoms in total. The third-order valence-electron chi connectivity index (χ3n) is 10.6. The molecule has 5 heteroatoms. The molecule has 0 aliphatic heterocycles. The second-order valence-corrected chi connectivity index (χ2v) is 14.1. The van der Waals surface area contributed by atoms with Crippen molar-refractivity contribution in [2.24, 2.45) is 0 Å². The number of benzene rings is 9. The second kappa shape index (κ2) is 14.7. The van der Waals surface area contributed by atoms with Gasteiger partial charge in [-0.15, -0.1) is 0 Å². The third kappa shape index (κ3) is 5.98. The first-order chi connectivity index (χ1) is 39.1. The molecule has 0 atom stereocenters. The van der Waals surface area contributed by atoms with Crippen LogP contribution in [0.2, 0.25) is 0 Å². The highest BCUT2D eigenvalue weighted by Gasteiger charge is 2.22. The van der Waals surface area contributed by atoms with Crippen LogP contribution < -0.4 is 0 Å². The van der Waals surface area contributed by atoms with E-state index in [1.165, 1.54) is 0 Å². The summed E-state index contributed by atoms with van der Waals surface area (Å²) in [6, 6.07) is 17.1. The molecule has 0 radical (unpaired) electrons. The molecule has 0 unspecified atom stereocenters. The molecule has 12 rings (SSSR count). The Kier molecular flexibility index (Phi) is 4.91. The van der Waals surface area contributed by atoms with Crippen molar-refractivity contribution in [3.05, 3.63) is 224 Å². The predicted octanol–water partition coefficient (Wildman–Crippen LogP) is 14.4. The fourth-order valence-electron chi connectivity index (χ4n) is 7.79. The van der Waals surface area contributed by atoms with E-state index in [1.807, 2.05) is 78.9 Å². The molecule has 12 aromatic rings. The summed E-state index contributed by atoms with van der Waals surface area (Å²) in [6.45, 7) is 0.